The van der Waals surface area contributed by atoms with Crippen LogP contribution in [0.3, 0.4) is 0 Å². The fourth-order valence-corrected chi connectivity index (χ4v) is 7.68. The number of alkyl carbamates (subject to hydrolysis) is 1. The zero-order valence-electron chi connectivity index (χ0n) is 18.3. The summed E-state index contributed by atoms with van der Waals surface area (Å²) in [7, 11) is -5.49. The van der Waals surface area contributed by atoms with Crippen LogP contribution >= 0.6 is 7.37 Å². The van der Waals surface area contributed by atoms with Crippen LogP contribution in [0.4, 0.5) is 4.79 Å². The van der Waals surface area contributed by atoms with Crippen LogP contribution < -0.4 is 5.32 Å². The first-order valence-corrected chi connectivity index (χ1v) is 15.3. The fourth-order valence-electron chi connectivity index (χ4n) is 3.07. The first-order chi connectivity index (χ1) is 14.2. The Morgan fingerprint density at radius 2 is 1.60 bits per heavy atom. The van der Waals surface area contributed by atoms with Gasteiger partial charge < -0.3 is 19.0 Å². The maximum absolute atomic E-state index is 14.1. The molecule has 0 heterocycles. The number of ether oxygens (including phenoxy) is 1. The molecule has 0 aliphatic carbocycles. The molecule has 0 aromatic heterocycles. The van der Waals surface area contributed by atoms with Crippen LogP contribution in [0.25, 0.3) is 0 Å². The average Bonchev–Trinajstić information content (AvgIpc) is 2.70. The van der Waals surface area contributed by atoms with E-state index in [0.717, 1.165) is 5.56 Å². The quantitative estimate of drug-likeness (QED) is 0.349. The minimum Gasteiger partial charge on any atom is -0.445 e. The summed E-state index contributed by atoms with van der Waals surface area (Å²) in [5.41, 5.74) is 1.55. The molecule has 164 valence electrons. The lowest BCUT2D eigenvalue weighted by Gasteiger charge is -2.35. The van der Waals surface area contributed by atoms with Gasteiger partial charge in [-0.3, -0.25) is 4.57 Å². The Morgan fingerprint density at radius 3 is 2.13 bits per heavy atom. The van der Waals surface area contributed by atoms with Crippen molar-refractivity contribution in [3.63, 3.8) is 0 Å². The smallest absolute Gasteiger partial charge is 0.408 e. The monoisotopic (exact) mass is 449 g/mol. The van der Waals surface area contributed by atoms with Gasteiger partial charge in [0.25, 0.3) is 7.37 Å². The molecule has 3 unspecified atom stereocenters. The molecular formula is C22H32NO5PSi. The van der Waals surface area contributed by atoms with E-state index >= 15 is 0 Å². The van der Waals surface area contributed by atoms with Crippen LogP contribution in [0.15, 0.2) is 60.7 Å². The van der Waals surface area contributed by atoms with E-state index in [9.17, 15) is 9.36 Å². The highest BCUT2D eigenvalue weighted by atomic mass is 31.2. The Hall–Kier alpha value is -1.92. The molecule has 3 atom stereocenters. The molecular weight excluding hydrogens is 417 g/mol. The van der Waals surface area contributed by atoms with Gasteiger partial charge in [0, 0.05) is 0 Å². The SMILES string of the molecule is CCOP(=O)(C(C)O[Si](C)(C)C)C(NC(=O)OCc1ccccc1)c1ccccc1. The molecule has 2 aromatic carbocycles. The van der Waals surface area contributed by atoms with E-state index in [1.807, 2.05) is 80.3 Å². The molecule has 1 amide bonds. The molecule has 30 heavy (non-hydrogen) atoms. The largest absolute Gasteiger partial charge is 0.445 e. The number of benzene rings is 2. The van der Waals surface area contributed by atoms with Gasteiger partial charge in [0.05, 0.1) is 6.61 Å². The zero-order chi connectivity index (χ0) is 22.2. The van der Waals surface area contributed by atoms with Crippen molar-refractivity contribution in [2.24, 2.45) is 0 Å². The predicted molar refractivity (Wildman–Crippen MR) is 122 cm³/mol. The van der Waals surface area contributed by atoms with Crippen LogP contribution in [0.1, 0.15) is 30.8 Å². The van der Waals surface area contributed by atoms with E-state index in [1.54, 1.807) is 13.8 Å². The topological polar surface area (TPSA) is 73.9 Å². The van der Waals surface area contributed by atoms with Crippen molar-refractivity contribution in [3.05, 3.63) is 71.8 Å². The number of hydrogen-bond acceptors (Lipinski definition) is 5. The van der Waals surface area contributed by atoms with Crippen molar-refractivity contribution in [3.8, 4) is 0 Å². The van der Waals surface area contributed by atoms with Gasteiger partial charge in [0.2, 0.25) is 0 Å². The standard InChI is InChI=1S/C22H32NO5PSi/c1-6-27-29(25,18(2)28-30(3,4)5)21(20-15-11-8-12-16-20)23-22(24)26-17-19-13-9-7-10-14-19/h7-16,18,21H,6,17H2,1-5H3,(H,23,24). The van der Waals surface area contributed by atoms with E-state index in [1.165, 1.54) is 0 Å². The minimum atomic E-state index is -3.49. The molecule has 0 saturated carbocycles. The molecule has 0 spiro atoms. The second-order valence-corrected chi connectivity index (χ2v) is 15.2. The van der Waals surface area contributed by atoms with Crippen molar-refractivity contribution in [2.45, 2.75) is 51.7 Å². The summed E-state index contributed by atoms with van der Waals surface area (Å²) in [5.74, 6) is -1.56. The van der Waals surface area contributed by atoms with E-state index in [2.05, 4.69) is 5.32 Å². The van der Waals surface area contributed by atoms with Gasteiger partial charge in [-0.2, -0.15) is 0 Å². The number of nitrogens with one attached hydrogen (secondary N) is 1. The Balaban J connectivity index is 2.28. The lowest BCUT2D eigenvalue weighted by molar-refractivity contribution is 0.136. The third kappa shape index (κ3) is 7.09. The first-order valence-electron chi connectivity index (χ1n) is 10.1. The summed E-state index contributed by atoms with van der Waals surface area (Å²) in [6.07, 6.45) is -0.659. The van der Waals surface area contributed by atoms with Gasteiger partial charge in [-0.25, -0.2) is 4.79 Å². The molecule has 1 N–H and O–H groups in total. The zero-order valence-corrected chi connectivity index (χ0v) is 20.2. The summed E-state index contributed by atoms with van der Waals surface area (Å²) in [6.45, 7) is 9.97. The third-order valence-corrected chi connectivity index (χ3v) is 8.49. The second kappa shape index (κ2) is 10.9. The number of carbonyl (C=O) groups is 1. The van der Waals surface area contributed by atoms with Gasteiger partial charge in [-0.15, -0.1) is 0 Å². The minimum absolute atomic E-state index is 0.119. The van der Waals surface area contributed by atoms with Crippen molar-refractivity contribution < 1.29 is 23.0 Å². The van der Waals surface area contributed by atoms with Crippen molar-refractivity contribution in [1.29, 1.82) is 0 Å². The maximum Gasteiger partial charge on any atom is 0.408 e. The molecule has 8 heteroatoms. The molecule has 0 radical (unpaired) electrons. The summed E-state index contributed by atoms with van der Waals surface area (Å²) >= 11 is 0. The number of carbonyl (C=O) groups excluding carboxylic acids is 1. The molecule has 6 nitrogen and oxygen atoms in total. The van der Waals surface area contributed by atoms with Crippen LogP contribution in [0.5, 0.6) is 0 Å². The Labute approximate surface area is 180 Å². The van der Waals surface area contributed by atoms with Crippen molar-refractivity contribution >= 4 is 21.8 Å². The molecule has 2 rings (SSSR count). The highest BCUT2D eigenvalue weighted by Gasteiger charge is 2.44. The highest BCUT2D eigenvalue weighted by molar-refractivity contribution is 7.60. The van der Waals surface area contributed by atoms with E-state index in [4.69, 9.17) is 13.7 Å². The molecule has 0 saturated heterocycles. The maximum atomic E-state index is 14.1. The lowest BCUT2D eigenvalue weighted by atomic mass is 10.2. The van der Waals surface area contributed by atoms with Gasteiger partial charge in [0.15, 0.2) is 8.32 Å². The normalized spacial score (nSPS) is 15.6. The molecule has 0 bridgehead atoms. The molecule has 0 aliphatic rings. The lowest BCUT2D eigenvalue weighted by Crippen LogP contribution is -2.36. The third-order valence-electron chi connectivity index (χ3n) is 4.30. The molecule has 0 aliphatic heterocycles. The summed E-state index contributed by atoms with van der Waals surface area (Å²) < 4.78 is 31.4. The predicted octanol–water partition coefficient (Wildman–Crippen LogP) is 6.12. The summed E-state index contributed by atoms with van der Waals surface area (Å²) in [5, 5.41) is 2.78. The van der Waals surface area contributed by atoms with Gasteiger partial charge >= 0.3 is 6.09 Å². The highest BCUT2D eigenvalue weighted by Crippen LogP contribution is 2.63. The Morgan fingerprint density at radius 1 is 1.03 bits per heavy atom. The summed E-state index contributed by atoms with van der Waals surface area (Å²) in [6, 6.07) is 18.6. The van der Waals surface area contributed by atoms with E-state index in [-0.39, 0.29) is 13.2 Å². The van der Waals surface area contributed by atoms with E-state index < -0.39 is 33.4 Å². The van der Waals surface area contributed by atoms with Gasteiger partial charge in [0.1, 0.15) is 18.2 Å². The Bertz CT molecular complexity index is 842. The fraction of sp³-hybridized carbons (Fsp3) is 0.409. The van der Waals surface area contributed by atoms with Crippen LogP contribution in [0, 0.1) is 0 Å². The summed E-state index contributed by atoms with van der Waals surface area (Å²) in [4.78, 5) is 12.6. The number of hydrogen-bond donors (Lipinski definition) is 1. The first kappa shape index (κ1) is 24.3. The van der Waals surface area contributed by atoms with Crippen LogP contribution in [-0.2, 0) is 24.9 Å². The number of rotatable bonds is 10. The van der Waals surface area contributed by atoms with Gasteiger partial charge in [-0.1, -0.05) is 60.7 Å². The average molecular weight is 450 g/mol. The molecule has 2 aromatic rings. The van der Waals surface area contributed by atoms with Crippen LogP contribution in [-0.4, -0.2) is 26.9 Å². The Kier molecular flexibility index (Phi) is 8.86. The van der Waals surface area contributed by atoms with Gasteiger partial charge in [-0.05, 0) is 44.6 Å². The van der Waals surface area contributed by atoms with E-state index in [0.29, 0.717) is 5.56 Å². The molecule has 0 fully saturated rings. The van der Waals surface area contributed by atoms with Crippen LogP contribution in [0.2, 0.25) is 19.6 Å². The van der Waals surface area contributed by atoms with Crippen molar-refractivity contribution in [1.82, 2.24) is 5.32 Å². The number of amides is 1. The second-order valence-electron chi connectivity index (χ2n) is 7.91. The van der Waals surface area contributed by atoms with Crippen molar-refractivity contribution in [2.75, 3.05) is 6.61 Å².